The highest BCUT2D eigenvalue weighted by molar-refractivity contribution is 8.00. The number of thioether (sulfide) groups is 1. The molecular formula is C16H21NOS. The quantitative estimate of drug-likeness (QED) is 0.560. The second-order valence-electron chi connectivity index (χ2n) is 4.41. The number of nitrogens with zero attached hydrogens (tertiary/aromatic N) is 1. The molecule has 0 unspecified atom stereocenters. The van der Waals surface area contributed by atoms with Crippen LogP contribution in [0.25, 0.3) is 0 Å². The Morgan fingerprint density at radius 3 is 2.37 bits per heavy atom. The molecule has 0 spiro atoms. The molecule has 0 saturated carbocycles. The standard InChI is InChI=1S/C16H21NOS/c1-5-9-17(10-6-2)16(18)12-19-15-8-7-13(3)14(4)11-15/h5-8,11H,1-2,9-10,12H2,3-4H3. The fourth-order valence-corrected chi connectivity index (χ4v) is 2.53. The molecule has 0 aliphatic carbocycles. The molecule has 0 aliphatic rings. The van der Waals surface area contributed by atoms with Crippen LogP contribution >= 0.6 is 11.8 Å². The van der Waals surface area contributed by atoms with Crippen molar-refractivity contribution < 1.29 is 4.79 Å². The Balaban J connectivity index is 2.58. The minimum Gasteiger partial charge on any atom is -0.335 e. The maximum Gasteiger partial charge on any atom is 0.233 e. The topological polar surface area (TPSA) is 20.3 Å². The lowest BCUT2D eigenvalue weighted by molar-refractivity contribution is -0.127. The third-order valence-electron chi connectivity index (χ3n) is 2.89. The highest BCUT2D eigenvalue weighted by Crippen LogP contribution is 2.21. The van der Waals surface area contributed by atoms with E-state index in [1.807, 2.05) is 0 Å². The van der Waals surface area contributed by atoms with Crippen LogP contribution in [0, 0.1) is 13.8 Å². The molecule has 0 fully saturated rings. The second-order valence-corrected chi connectivity index (χ2v) is 5.46. The summed E-state index contributed by atoms with van der Waals surface area (Å²) in [6, 6.07) is 6.28. The summed E-state index contributed by atoms with van der Waals surface area (Å²) in [5.41, 5.74) is 2.53. The van der Waals surface area contributed by atoms with Gasteiger partial charge in [0.05, 0.1) is 5.75 Å². The first-order chi connectivity index (χ1) is 9.08. The van der Waals surface area contributed by atoms with Crippen molar-refractivity contribution in [2.24, 2.45) is 0 Å². The number of rotatable bonds is 7. The molecule has 1 aromatic carbocycles. The van der Waals surface area contributed by atoms with Crippen LogP contribution in [0.15, 0.2) is 48.4 Å². The monoisotopic (exact) mass is 275 g/mol. The highest BCUT2D eigenvalue weighted by Gasteiger charge is 2.11. The Labute approximate surface area is 120 Å². The van der Waals surface area contributed by atoms with Gasteiger partial charge in [-0.25, -0.2) is 0 Å². The third-order valence-corrected chi connectivity index (χ3v) is 3.87. The molecule has 0 atom stereocenters. The van der Waals surface area contributed by atoms with E-state index in [0.717, 1.165) is 4.90 Å². The largest absolute Gasteiger partial charge is 0.335 e. The number of amides is 1. The van der Waals surface area contributed by atoms with E-state index < -0.39 is 0 Å². The second kappa shape index (κ2) is 7.85. The van der Waals surface area contributed by atoms with Crippen molar-refractivity contribution in [3.05, 3.63) is 54.6 Å². The molecule has 0 saturated heterocycles. The Hall–Kier alpha value is -1.48. The summed E-state index contributed by atoms with van der Waals surface area (Å²) in [5.74, 6) is 0.563. The van der Waals surface area contributed by atoms with Crippen LogP contribution in [-0.4, -0.2) is 29.6 Å². The Bertz CT molecular complexity index is 458. The maximum atomic E-state index is 12.1. The van der Waals surface area contributed by atoms with Gasteiger partial charge in [-0.2, -0.15) is 0 Å². The minimum absolute atomic E-state index is 0.114. The van der Waals surface area contributed by atoms with Crippen LogP contribution < -0.4 is 0 Å². The first kappa shape index (κ1) is 15.6. The maximum absolute atomic E-state index is 12.1. The fraction of sp³-hybridized carbons (Fsp3) is 0.312. The summed E-state index contributed by atoms with van der Waals surface area (Å²) in [6.07, 6.45) is 3.48. The molecule has 1 amide bonds. The van der Waals surface area contributed by atoms with Crippen molar-refractivity contribution in [3.8, 4) is 0 Å². The van der Waals surface area contributed by atoms with Crippen LogP contribution in [-0.2, 0) is 4.79 Å². The summed E-state index contributed by atoms with van der Waals surface area (Å²) >= 11 is 1.57. The van der Waals surface area contributed by atoms with Crippen LogP contribution in [0.3, 0.4) is 0 Å². The van der Waals surface area contributed by atoms with Gasteiger partial charge in [0.2, 0.25) is 5.91 Å². The molecule has 0 N–H and O–H groups in total. The zero-order valence-corrected chi connectivity index (χ0v) is 12.5. The fourth-order valence-electron chi connectivity index (χ4n) is 1.63. The number of carbonyl (C=O) groups is 1. The van der Waals surface area contributed by atoms with Gasteiger partial charge in [-0.3, -0.25) is 4.79 Å². The Kier molecular flexibility index (Phi) is 6.43. The number of benzene rings is 1. The SMILES string of the molecule is C=CCN(CC=C)C(=O)CSc1ccc(C)c(C)c1. The predicted octanol–water partition coefficient (Wildman–Crippen LogP) is 3.60. The number of aryl methyl sites for hydroxylation is 2. The lowest BCUT2D eigenvalue weighted by atomic mass is 10.1. The molecule has 3 heteroatoms. The normalized spacial score (nSPS) is 10.0. The molecule has 19 heavy (non-hydrogen) atoms. The lowest BCUT2D eigenvalue weighted by Gasteiger charge is -2.19. The van der Waals surface area contributed by atoms with E-state index in [1.165, 1.54) is 11.1 Å². The Morgan fingerprint density at radius 1 is 1.21 bits per heavy atom. The van der Waals surface area contributed by atoms with Gasteiger partial charge in [0.25, 0.3) is 0 Å². The van der Waals surface area contributed by atoms with Crippen molar-refractivity contribution in [1.82, 2.24) is 4.90 Å². The van der Waals surface area contributed by atoms with E-state index in [1.54, 1.807) is 28.8 Å². The minimum atomic E-state index is 0.114. The van der Waals surface area contributed by atoms with Crippen molar-refractivity contribution in [1.29, 1.82) is 0 Å². The lowest BCUT2D eigenvalue weighted by Crippen LogP contribution is -2.32. The molecular weight excluding hydrogens is 254 g/mol. The summed E-state index contributed by atoms with van der Waals surface area (Å²) < 4.78 is 0. The van der Waals surface area contributed by atoms with E-state index in [-0.39, 0.29) is 5.91 Å². The molecule has 0 aromatic heterocycles. The first-order valence-corrected chi connectivity index (χ1v) is 7.26. The number of carbonyl (C=O) groups excluding carboxylic acids is 1. The van der Waals surface area contributed by atoms with Gasteiger partial charge in [-0.1, -0.05) is 18.2 Å². The van der Waals surface area contributed by atoms with Gasteiger partial charge in [0.1, 0.15) is 0 Å². The number of hydrogen-bond donors (Lipinski definition) is 0. The van der Waals surface area contributed by atoms with E-state index in [2.05, 4.69) is 45.2 Å². The molecule has 2 nitrogen and oxygen atoms in total. The summed E-state index contributed by atoms with van der Waals surface area (Å²) in [4.78, 5) is 14.9. The summed E-state index contributed by atoms with van der Waals surface area (Å²) in [5, 5.41) is 0. The molecule has 0 aliphatic heterocycles. The van der Waals surface area contributed by atoms with Gasteiger partial charge in [-0.05, 0) is 37.1 Å². The zero-order valence-electron chi connectivity index (χ0n) is 11.7. The Morgan fingerprint density at radius 2 is 1.84 bits per heavy atom. The third kappa shape index (κ3) is 4.95. The molecule has 0 radical (unpaired) electrons. The van der Waals surface area contributed by atoms with Gasteiger partial charge in [-0.15, -0.1) is 24.9 Å². The van der Waals surface area contributed by atoms with Crippen LogP contribution in [0.4, 0.5) is 0 Å². The van der Waals surface area contributed by atoms with Crippen LogP contribution in [0.1, 0.15) is 11.1 Å². The smallest absolute Gasteiger partial charge is 0.233 e. The number of hydrogen-bond acceptors (Lipinski definition) is 2. The summed E-state index contributed by atoms with van der Waals surface area (Å²) in [7, 11) is 0. The van der Waals surface area contributed by atoms with E-state index in [9.17, 15) is 4.79 Å². The van der Waals surface area contributed by atoms with Crippen molar-refractivity contribution in [3.63, 3.8) is 0 Å². The molecule has 102 valence electrons. The average molecular weight is 275 g/mol. The van der Waals surface area contributed by atoms with E-state index in [0.29, 0.717) is 18.8 Å². The molecule has 0 bridgehead atoms. The van der Waals surface area contributed by atoms with Crippen molar-refractivity contribution in [2.45, 2.75) is 18.7 Å². The van der Waals surface area contributed by atoms with Crippen molar-refractivity contribution in [2.75, 3.05) is 18.8 Å². The van der Waals surface area contributed by atoms with Crippen LogP contribution in [0.5, 0.6) is 0 Å². The first-order valence-electron chi connectivity index (χ1n) is 6.28. The molecule has 1 aromatic rings. The average Bonchev–Trinajstić information content (AvgIpc) is 2.39. The van der Waals surface area contributed by atoms with E-state index >= 15 is 0 Å². The van der Waals surface area contributed by atoms with Gasteiger partial charge >= 0.3 is 0 Å². The highest BCUT2D eigenvalue weighted by atomic mass is 32.2. The summed E-state index contributed by atoms with van der Waals surface area (Å²) in [6.45, 7) is 12.6. The van der Waals surface area contributed by atoms with Crippen LogP contribution in [0.2, 0.25) is 0 Å². The van der Waals surface area contributed by atoms with Crippen molar-refractivity contribution >= 4 is 17.7 Å². The zero-order chi connectivity index (χ0) is 14.3. The van der Waals surface area contributed by atoms with Gasteiger partial charge in [0.15, 0.2) is 0 Å². The molecule has 0 heterocycles. The molecule has 1 rings (SSSR count). The van der Waals surface area contributed by atoms with Gasteiger partial charge < -0.3 is 4.90 Å². The van der Waals surface area contributed by atoms with E-state index in [4.69, 9.17) is 0 Å². The van der Waals surface area contributed by atoms with Gasteiger partial charge in [0, 0.05) is 18.0 Å². The predicted molar refractivity (Wildman–Crippen MR) is 83.6 cm³/mol.